The molecule has 1 saturated carbocycles. The fourth-order valence-electron chi connectivity index (χ4n) is 4.35. The molecule has 2 atom stereocenters. The van der Waals surface area contributed by atoms with Crippen LogP contribution in [0.1, 0.15) is 58.4 Å². The molecular weight excluding hydrogens is 390 g/mol. The minimum Gasteiger partial charge on any atom is -0.410 e. The molecule has 2 aliphatic rings. The van der Waals surface area contributed by atoms with E-state index in [1.165, 1.54) is 37.7 Å². The molecule has 0 unspecified atom stereocenters. The first kappa shape index (κ1) is 23.3. The number of benzene rings is 1. The van der Waals surface area contributed by atoms with Crippen LogP contribution in [0.3, 0.4) is 0 Å². The molecule has 3 rings (SSSR count). The Labute approximate surface area is 184 Å². The first-order chi connectivity index (χ1) is 14.1. The van der Waals surface area contributed by atoms with Crippen LogP contribution < -0.4 is 10.7 Å². The summed E-state index contributed by atoms with van der Waals surface area (Å²) in [6.45, 7) is 13.1. The molecule has 1 saturated heterocycles. The molecule has 1 aromatic carbocycles. The maximum absolute atomic E-state index is 12.7. The second-order valence-electron chi connectivity index (χ2n) is 10.7. The Hall–Kier alpha value is -1.37. The summed E-state index contributed by atoms with van der Waals surface area (Å²) >= 11 is 0. The first-order valence-electron chi connectivity index (χ1n) is 11.7. The number of nitrogens with one attached hydrogen (secondary N) is 2. The van der Waals surface area contributed by atoms with Gasteiger partial charge in [-0.25, -0.2) is 9.80 Å². The highest BCUT2D eigenvalue weighted by Crippen LogP contribution is 2.38. The minimum absolute atomic E-state index is 0.0337. The predicted molar refractivity (Wildman–Crippen MR) is 126 cm³/mol. The van der Waals surface area contributed by atoms with Crippen LogP contribution in [0.25, 0.3) is 0 Å². The lowest BCUT2D eigenvalue weighted by atomic mass is 9.89. The fourth-order valence-corrected chi connectivity index (χ4v) is 5.70. The van der Waals surface area contributed by atoms with Crippen LogP contribution in [-0.4, -0.2) is 44.6 Å². The molecule has 0 aromatic heterocycles. The Morgan fingerprint density at radius 3 is 2.40 bits per heavy atom. The molecule has 1 heterocycles. The topological polar surface area (TPSA) is 53.6 Å². The van der Waals surface area contributed by atoms with Crippen LogP contribution in [0.2, 0.25) is 18.1 Å². The summed E-state index contributed by atoms with van der Waals surface area (Å²) < 4.78 is 6.92. The molecule has 6 heteroatoms. The van der Waals surface area contributed by atoms with Gasteiger partial charge in [-0.1, -0.05) is 70.4 Å². The maximum Gasteiger partial charge on any atom is 0.329 e. The monoisotopic (exact) mass is 431 g/mol. The van der Waals surface area contributed by atoms with Gasteiger partial charge in [-0.3, -0.25) is 5.43 Å². The smallest absolute Gasteiger partial charge is 0.329 e. The highest BCUT2D eigenvalue weighted by Gasteiger charge is 2.42. The Bertz CT molecular complexity index is 683. The quantitative estimate of drug-likeness (QED) is 0.616. The third-order valence-electron chi connectivity index (χ3n) is 7.18. The van der Waals surface area contributed by atoms with E-state index in [2.05, 4.69) is 73.9 Å². The third-order valence-corrected chi connectivity index (χ3v) is 11.7. The molecule has 2 N–H and O–H groups in total. The zero-order valence-corrected chi connectivity index (χ0v) is 20.5. The molecule has 30 heavy (non-hydrogen) atoms. The summed E-state index contributed by atoms with van der Waals surface area (Å²) in [7, 11) is -1.98. The first-order valence-corrected chi connectivity index (χ1v) is 14.6. The third kappa shape index (κ3) is 6.31. The molecule has 0 bridgehead atoms. The standard InChI is InChI=1S/C24H41N3O2Si/c1-24(2,3)30(4,5)29-22-18-27(17-20-14-10-7-11-15-20)26-23(28)25-21(22)16-19-12-8-6-9-13-19/h6,8-9,12-13,20-22H,7,10-11,14-18H2,1-5H3,(H2,25,26,28)/t21-,22-/m0/s1. The average Bonchev–Trinajstić information content (AvgIpc) is 2.80. The summed E-state index contributed by atoms with van der Waals surface area (Å²) in [5.74, 6) is 0.665. The largest absolute Gasteiger partial charge is 0.410 e. The van der Waals surface area contributed by atoms with Crippen LogP contribution in [0.15, 0.2) is 30.3 Å². The molecule has 2 amide bonds. The highest BCUT2D eigenvalue weighted by molar-refractivity contribution is 6.74. The van der Waals surface area contributed by atoms with Crippen molar-refractivity contribution in [2.75, 3.05) is 13.1 Å². The Balaban J connectivity index is 1.79. The van der Waals surface area contributed by atoms with Crippen LogP contribution in [0.4, 0.5) is 4.79 Å². The molecule has 1 aliphatic carbocycles. The van der Waals surface area contributed by atoms with Crippen molar-refractivity contribution in [3.05, 3.63) is 35.9 Å². The van der Waals surface area contributed by atoms with Crippen molar-refractivity contribution >= 4 is 14.3 Å². The molecule has 0 radical (unpaired) electrons. The molecule has 0 spiro atoms. The van der Waals surface area contributed by atoms with Gasteiger partial charge < -0.3 is 9.74 Å². The molecule has 1 aliphatic heterocycles. The Morgan fingerprint density at radius 1 is 1.10 bits per heavy atom. The van der Waals surface area contributed by atoms with Crippen molar-refractivity contribution in [1.29, 1.82) is 0 Å². The second kappa shape index (κ2) is 9.84. The van der Waals surface area contributed by atoms with E-state index in [1.807, 2.05) is 6.07 Å². The SMILES string of the molecule is CC(C)(C)[Si](C)(C)O[C@H]1CN(CC2CCCCC2)NC(=O)N[C@H]1Cc1ccccc1. The zero-order chi connectivity index (χ0) is 21.8. The summed E-state index contributed by atoms with van der Waals surface area (Å²) in [6, 6.07) is 10.3. The van der Waals surface area contributed by atoms with Crippen molar-refractivity contribution in [3.8, 4) is 0 Å². The zero-order valence-electron chi connectivity index (χ0n) is 19.5. The number of nitrogens with zero attached hydrogens (tertiary/aromatic N) is 1. The lowest BCUT2D eigenvalue weighted by molar-refractivity contribution is 0.0779. The van der Waals surface area contributed by atoms with Gasteiger partial charge in [0.1, 0.15) is 0 Å². The highest BCUT2D eigenvalue weighted by atomic mass is 28.4. The van der Waals surface area contributed by atoms with E-state index in [1.54, 1.807) is 0 Å². The van der Waals surface area contributed by atoms with Crippen molar-refractivity contribution in [1.82, 2.24) is 15.8 Å². The molecule has 168 valence electrons. The van der Waals surface area contributed by atoms with Gasteiger partial charge in [0.2, 0.25) is 0 Å². The lowest BCUT2D eigenvalue weighted by Crippen LogP contribution is -2.53. The average molecular weight is 432 g/mol. The van der Waals surface area contributed by atoms with E-state index in [0.29, 0.717) is 5.92 Å². The van der Waals surface area contributed by atoms with Crippen LogP contribution in [0.5, 0.6) is 0 Å². The fraction of sp³-hybridized carbons (Fsp3) is 0.708. The second-order valence-corrected chi connectivity index (χ2v) is 15.5. The van der Waals surface area contributed by atoms with Crippen LogP contribution in [-0.2, 0) is 10.8 Å². The summed E-state index contributed by atoms with van der Waals surface area (Å²) in [4.78, 5) is 12.7. The van der Waals surface area contributed by atoms with Crippen molar-refractivity contribution in [2.24, 2.45) is 5.92 Å². The van der Waals surface area contributed by atoms with Gasteiger partial charge >= 0.3 is 6.03 Å². The number of carbonyl (C=O) groups excluding carboxylic acids is 1. The number of amides is 2. The van der Waals surface area contributed by atoms with E-state index >= 15 is 0 Å². The molecule has 2 fully saturated rings. The number of carbonyl (C=O) groups is 1. The van der Waals surface area contributed by atoms with Gasteiger partial charge in [0, 0.05) is 13.1 Å². The van der Waals surface area contributed by atoms with Gasteiger partial charge in [0.25, 0.3) is 0 Å². The molecular formula is C24H41N3O2Si. The lowest BCUT2D eigenvalue weighted by Gasteiger charge is -2.41. The van der Waals surface area contributed by atoms with E-state index in [0.717, 1.165) is 19.5 Å². The van der Waals surface area contributed by atoms with E-state index in [-0.39, 0.29) is 23.2 Å². The number of urea groups is 1. The van der Waals surface area contributed by atoms with Gasteiger partial charge in [-0.05, 0) is 48.9 Å². The van der Waals surface area contributed by atoms with E-state index in [4.69, 9.17) is 4.43 Å². The normalized spacial score (nSPS) is 24.8. The van der Waals surface area contributed by atoms with Gasteiger partial charge in [-0.2, -0.15) is 0 Å². The van der Waals surface area contributed by atoms with Gasteiger partial charge in [0.15, 0.2) is 8.32 Å². The van der Waals surface area contributed by atoms with E-state index in [9.17, 15) is 4.79 Å². The number of hydrogen-bond donors (Lipinski definition) is 2. The van der Waals surface area contributed by atoms with Crippen molar-refractivity contribution in [2.45, 2.75) is 89.6 Å². The van der Waals surface area contributed by atoms with Gasteiger partial charge in [-0.15, -0.1) is 0 Å². The summed E-state index contributed by atoms with van der Waals surface area (Å²) in [5.41, 5.74) is 4.34. The Kier molecular flexibility index (Phi) is 7.64. The van der Waals surface area contributed by atoms with Crippen molar-refractivity contribution in [3.63, 3.8) is 0 Å². The van der Waals surface area contributed by atoms with Crippen LogP contribution >= 0.6 is 0 Å². The molecule has 1 aromatic rings. The van der Waals surface area contributed by atoms with Crippen molar-refractivity contribution < 1.29 is 9.22 Å². The van der Waals surface area contributed by atoms with Gasteiger partial charge in [0.05, 0.1) is 12.1 Å². The number of hydrazine groups is 1. The van der Waals surface area contributed by atoms with E-state index < -0.39 is 8.32 Å². The van der Waals surface area contributed by atoms with Crippen LogP contribution in [0, 0.1) is 5.92 Å². The Morgan fingerprint density at radius 2 is 1.77 bits per heavy atom. The minimum atomic E-state index is -1.98. The maximum atomic E-state index is 12.7. The molecule has 5 nitrogen and oxygen atoms in total. The predicted octanol–water partition coefficient (Wildman–Crippen LogP) is 5.10. The number of rotatable bonds is 6. The number of hydrogen-bond acceptors (Lipinski definition) is 3. The summed E-state index contributed by atoms with van der Waals surface area (Å²) in [5, 5.41) is 5.48. The summed E-state index contributed by atoms with van der Waals surface area (Å²) in [6.07, 6.45) is 7.25.